The average Bonchev–Trinajstić information content (AvgIpc) is 3.97. The second kappa shape index (κ2) is 12.4. The fourth-order valence-corrected chi connectivity index (χ4v) is 10.3. The molecule has 0 aliphatic rings. The number of furan rings is 1. The Kier molecular flexibility index (Phi) is 6.82. The van der Waals surface area contributed by atoms with E-state index in [9.17, 15) is 0 Å². The first-order valence-electron chi connectivity index (χ1n) is 19.8. The van der Waals surface area contributed by atoms with Crippen molar-refractivity contribution in [2.45, 2.75) is 0 Å². The highest BCUT2D eigenvalue weighted by atomic mass is 32.1. The first kappa shape index (κ1) is 32.4. The Bertz CT molecular complexity index is 3860. The Balaban J connectivity index is 1.09. The van der Waals surface area contributed by atoms with Crippen LogP contribution in [-0.4, -0.2) is 19.5 Å². The van der Waals surface area contributed by atoms with Crippen molar-refractivity contribution < 1.29 is 4.42 Å². The van der Waals surface area contributed by atoms with E-state index in [4.69, 9.17) is 19.4 Å². The van der Waals surface area contributed by atoms with E-state index >= 15 is 0 Å². The van der Waals surface area contributed by atoms with Gasteiger partial charge in [0.15, 0.2) is 17.5 Å². The van der Waals surface area contributed by atoms with E-state index in [0.717, 1.165) is 71.5 Å². The summed E-state index contributed by atoms with van der Waals surface area (Å²) >= 11 is 1.79. The predicted molar refractivity (Wildman–Crippen MR) is 246 cm³/mol. The lowest BCUT2D eigenvalue weighted by Crippen LogP contribution is -2.00. The second-order valence-corrected chi connectivity index (χ2v) is 16.2. The van der Waals surface area contributed by atoms with E-state index in [2.05, 4.69) is 168 Å². The van der Waals surface area contributed by atoms with E-state index in [0.29, 0.717) is 17.5 Å². The highest BCUT2D eigenvalue weighted by molar-refractivity contribution is 7.25. The van der Waals surface area contributed by atoms with Gasteiger partial charge < -0.3 is 8.98 Å². The third-order valence-corrected chi connectivity index (χ3v) is 13.0. The lowest BCUT2D eigenvalue weighted by Gasteiger charge is -2.13. The van der Waals surface area contributed by atoms with Crippen molar-refractivity contribution in [1.82, 2.24) is 19.5 Å². The first-order valence-corrected chi connectivity index (χ1v) is 20.6. The fourth-order valence-electron chi connectivity index (χ4n) is 9.21. The molecule has 0 saturated heterocycles. The molecule has 0 atom stereocenters. The number of hydrogen-bond acceptors (Lipinski definition) is 5. The molecule has 0 radical (unpaired) electrons. The van der Waals surface area contributed by atoms with Crippen LogP contribution in [0.2, 0.25) is 0 Å². The molecule has 0 aliphatic heterocycles. The standard InChI is InChI=1S/C53H30N4OS/c1-2-14-31(15-3-1)51-54-52(39-23-13-27-47-49(39)37-21-9-11-26-46(37)59-47)56-53(55-51)40-24-12-22-38-48-36-20-7-6-18-34(36)44(30-45(48)58-50(38)40)57-42-25-10-8-19-35(42)41-28-32-16-4-5-17-33(32)29-43(41)57/h1-30H. The van der Waals surface area contributed by atoms with Crippen molar-refractivity contribution in [2.24, 2.45) is 0 Å². The molecular weight excluding hydrogens is 741 g/mol. The van der Waals surface area contributed by atoms with Crippen molar-refractivity contribution in [3.05, 3.63) is 182 Å². The van der Waals surface area contributed by atoms with Crippen LogP contribution in [0.3, 0.4) is 0 Å². The molecule has 9 aromatic carbocycles. The average molecular weight is 771 g/mol. The summed E-state index contributed by atoms with van der Waals surface area (Å²) in [7, 11) is 0. The van der Waals surface area contributed by atoms with Crippen LogP contribution in [0.5, 0.6) is 0 Å². The molecule has 4 aromatic heterocycles. The van der Waals surface area contributed by atoms with Gasteiger partial charge in [-0.05, 0) is 52.6 Å². The molecular formula is C53H30N4OS. The molecule has 13 aromatic rings. The number of fused-ring (bicyclic) bond motifs is 12. The van der Waals surface area contributed by atoms with Gasteiger partial charge in [0, 0.05) is 64.3 Å². The van der Waals surface area contributed by atoms with E-state index in [-0.39, 0.29) is 0 Å². The second-order valence-electron chi connectivity index (χ2n) is 15.1. The number of rotatable bonds is 4. The molecule has 274 valence electrons. The minimum Gasteiger partial charge on any atom is -0.455 e. The van der Waals surface area contributed by atoms with Crippen LogP contribution in [0.1, 0.15) is 0 Å². The van der Waals surface area contributed by atoms with Crippen LogP contribution < -0.4 is 0 Å². The van der Waals surface area contributed by atoms with Crippen molar-refractivity contribution in [3.8, 4) is 39.9 Å². The number of nitrogens with zero attached hydrogens (tertiary/aromatic N) is 4. The van der Waals surface area contributed by atoms with Crippen molar-refractivity contribution in [1.29, 1.82) is 0 Å². The summed E-state index contributed by atoms with van der Waals surface area (Å²) in [4.78, 5) is 15.6. The van der Waals surface area contributed by atoms with Gasteiger partial charge in [-0.15, -0.1) is 11.3 Å². The Morgan fingerprint density at radius 2 is 1.03 bits per heavy atom. The molecule has 5 nitrogen and oxygen atoms in total. The van der Waals surface area contributed by atoms with Gasteiger partial charge in [0.25, 0.3) is 0 Å². The number of benzene rings is 9. The van der Waals surface area contributed by atoms with Gasteiger partial charge in [0.05, 0.1) is 22.3 Å². The normalized spacial score (nSPS) is 12.1. The number of hydrogen-bond donors (Lipinski definition) is 0. The van der Waals surface area contributed by atoms with Gasteiger partial charge in [0.1, 0.15) is 11.2 Å². The Hall–Kier alpha value is -7.67. The van der Waals surface area contributed by atoms with Crippen LogP contribution in [-0.2, 0) is 0 Å². The van der Waals surface area contributed by atoms with Gasteiger partial charge in [-0.2, -0.15) is 0 Å². The van der Waals surface area contributed by atoms with Gasteiger partial charge in [0.2, 0.25) is 0 Å². The molecule has 0 fully saturated rings. The quantitative estimate of drug-likeness (QED) is 0.179. The Morgan fingerprint density at radius 3 is 1.90 bits per heavy atom. The van der Waals surface area contributed by atoms with Crippen LogP contribution in [0.15, 0.2) is 186 Å². The van der Waals surface area contributed by atoms with Gasteiger partial charge in [-0.3, -0.25) is 0 Å². The fraction of sp³-hybridized carbons (Fsp3) is 0. The molecule has 0 amide bonds. The highest BCUT2D eigenvalue weighted by Gasteiger charge is 2.23. The Labute approximate surface area is 341 Å². The third kappa shape index (κ3) is 4.81. The minimum atomic E-state index is 0.564. The smallest absolute Gasteiger partial charge is 0.167 e. The van der Waals surface area contributed by atoms with E-state index in [1.54, 1.807) is 11.3 Å². The number of aromatic nitrogens is 4. The maximum absolute atomic E-state index is 7.07. The molecule has 0 saturated carbocycles. The summed E-state index contributed by atoms with van der Waals surface area (Å²) in [5, 5.41) is 11.6. The molecule has 13 rings (SSSR count). The van der Waals surface area contributed by atoms with Crippen LogP contribution >= 0.6 is 11.3 Å². The summed E-state index contributed by atoms with van der Waals surface area (Å²) in [5.41, 5.74) is 7.65. The summed E-state index contributed by atoms with van der Waals surface area (Å²) < 4.78 is 11.9. The van der Waals surface area contributed by atoms with Crippen molar-refractivity contribution in [2.75, 3.05) is 0 Å². The zero-order chi connectivity index (χ0) is 38.6. The molecule has 4 heterocycles. The van der Waals surface area contributed by atoms with Crippen LogP contribution in [0.25, 0.3) is 125 Å². The van der Waals surface area contributed by atoms with Crippen molar-refractivity contribution >= 4 is 96.8 Å². The monoisotopic (exact) mass is 770 g/mol. The zero-order valence-electron chi connectivity index (χ0n) is 31.4. The van der Waals surface area contributed by atoms with Gasteiger partial charge >= 0.3 is 0 Å². The van der Waals surface area contributed by atoms with Crippen molar-refractivity contribution in [3.63, 3.8) is 0 Å². The van der Waals surface area contributed by atoms with Gasteiger partial charge in [-0.25, -0.2) is 15.0 Å². The van der Waals surface area contributed by atoms with E-state index < -0.39 is 0 Å². The molecule has 0 aliphatic carbocycles. The highest BCUT2D eigenvalue weighted by Crippen LogP contribution is 2.44. The first-order chi connectivity index (χ1) is 29.2. The molecule has 6 heteroatoms. The summed E-state index contributed by atoms with van der Waals surface area (Å²) in [6.07, 6.45) is 0. The van der Waals surface area contributed by atoms with Crippen LogP contribution in [0.4, 0.5) is 0 Å². The van der Waals surface area contributed by atoms with E-state index in [1.165, 1.54) is 36.3 Å². The largest absolute Gasteiger partial charge is 0.455 e. The van der Waals surface area contributed by atoms with Gasteiger partial charge in [-0.1, -0.05) is 140 Å². The maximum Gasteiger partial charge on any atom is 0.167 e. The molecule has 0 N–H and O–H groups in total. The molecule has 0 bridgehead atoms. The lowest BCUT2D eigenvalue weighted by molar-refractivity contribution is 0.669. The molecule has 0 spiro atoms. The summed E-state index contributed by atoms with van der Waals surface area (Å²) in [6.45, 7) is 0. The SMILES string of the molecule is c1ccc(-c2nc(-c3cccc4c3oc3cc(-n5c6ccccc6c6cc7ccccc7cc65)c5ccccc5c34)nc(-c3cccc4sc5ccccc5c34)n2)cc1. The lowest BCUT2D eigenvalue weighted by atomic mass is 10.0. The Morgan fingerprint density at radius 1 is 0.407 bits per heavy atom. The third-order valence-electron chi connectivity index (χ3n) is 11.8. The molecule has 59 heavy (non-hydrogen) atoms. The maximum atomic E-state index is 7.07. The summed E-state index contributed by atoms with van der Waals surface area (Å²) in [5.74, 6) is 1.80. The zero-order valence-corrected chi connectivity index (χ0v) is 32.2. The summed E-state index contributed by atoms with van der Waals surface area (Å²) in [6, 6.07) is 64.3. The number of para-hydroxylation sites is 2. The molecule has 0 unspecified atom stereocenters. The number of thiophene rings is 1. The minimum absolute atomic E-state index is 0.564. The predicted octanol–water partition coefficient (Wildman–Crippen LogP) is 14.5. The van der Waals surface area contributed by atoms with E-state index in [1.807, 2.05) is 18.2 Å². The van der Waals surface area contributed by atoms with Crippen LogP contribution in [0, 0.1) is 0 Å². The topological polar surface area (TPSA) is 56.7 Å².